The molecule has 1 aromatic carbocycles. The molecule has 0 saturated carbocycles. The van der Waals surface area contributed by atoms with Crippen LogP contribution in [0.15, 0.2) is 17.0 Å². The second kappa shape index (κ2) is 6.84. The van der Waals surface area contributed by atoms with Gasteiger partial charge in [0.05, 0.1) is 5.02 Å². The molecule has 2 rings (SSSR count). The van der Waals surface area contributed by atoms with Crippen molar-refractivity contribution in [2.24, 2.45) is 11.7 Å². The average Bonchev–Trinajstić information content (AvgIpc) is 2.66. The largest absolute Gasteiger partial charge is 0.326 e. The Morgan fingerprint density at radius 2 is 2.00 bits per heavy atom. The molecule has 2 N–H and O–H groups in total. The van der Waals surface area contributed by atoms with Gasteiger partial charge in [-0.25, -0.2) is 8.42 Å². The van der Waals surface area contributed by atoms with Crippen LogP contribution < -0.4 is 5.73 Å². The highest BCUT2D eigenvalue weighted by Gasteiger charge is 2.29. The molecule has 1 aliphatic rings. The summed E-state index contributed by atoms with van der Waals surface area (Å²) >= 11 is 12.2. The molecule has 0 bridgehead atoms. The van der Waals surface area contributed by atoms with Gasteiger partial charge in [-0.2, -0.15) is 4.31 Å². The Bertz CT molecular complexity index is 620. The summed E-state index contributed by atoms with van der Waals surface area (Å²) in [6, 6.07) is 3.01. The molecule has 0 radical (unpaired) electrons. The van der Waals surface area contributed by atoms with E-state index in [2.05, 4.69) is 6.92 Å². The minimum Gasteiger partial charge on any atom is -0.326 e. The number of benzene rings is 1. The lowest BCUT2D eigenvalue weighted by atomic mass is 10.0. The number of sulfonamides is 1. The van der Waals surface area contributed by atoms with Crippen LogP contribution in [0.5, 0.6) is 0 Å². The van der Waals surface area contributed by atoms with Gasteiger partial charge in [-0.05, 0) is 42.9 Å². The van der Waals surface area contributed by atoms with Crippen molar-refractivity contribution in [3.05, 3.63) is 27.7 Å². The Balaban J connectivity index is 2.42. The molecule has 1 heterocycles. The lowest BCUT2D eigenvalue weighted by Gasteiger charge is -2.21. The Morgan fingerprint density at radius 3 is 2.67 bits per heavy atom. The molecule has 0 amide bonds. The van der Waals surface area contributed by atoms with Gasteiger partial charge < -0.3 is 5.73 Å². The number of nitrogens with zero attached hydrogens (tertiary/aromatic N) is 1. The van der Waals surface area contributed by atoms with Crippen LogP contribution in [0.4, 0.5) is 0 Å². The van der Waals surface area contributed by atoms with Gasteiger partial charge in [0.2, 0.25) is 10.0 Å². The van der Waals surface area contributed by atoms with Gasteiger partial charge in [-0.15, -0.1) is 0 Å². The van der Waals surface area contributed by atoms with Crippen LogP contribution in [0.2, 0.25) is 10.0 Å². The number of hydrogen-bond donors (Lipinski definition) is 1. The van der Waals surface area contributed by atoms with Gasteiger partial charge in [-0.3, -0.25) is 0 Å². The molecular weight excluding hydrogens is 331 g/mol. The first kappa shape index (κ1) is 17.0. The molecule has 0 aromatic heterocycles. The summed E-state index contributed by atoms with van der Waals surface area (Å²) < 4.78 is 27.2. The Hall–Kier alpha value is -0.330. The van der Waals surface area contributed by atoms with E-state index in [1.54, 1.807) is 6.07 Å². The first-order valence-electron chi connectivity index (χ1n) is 7.04. The molecule has 1 unspecified atom stereocenters. The predicted octanol–water partition coefficient (Wildman–Crippen LogP) is 3.26. The monoisotopic (exact) mass is 350 g/mol. The maximum absolute atomic E-state index is 12.8. The minimum absolute atomic E-state index is 0.0617. The van der Waals surface area contributed by atoms with Crippen molar-refractivity contribution in [1.82, 2.24) is 4.31 Å². The van der Waals surface area contributed by atoms with E-state index in [1.807, 2.05) is 0 Å². The predicted molar refractivity (Wildman–Crippen MR) is 86.1 cm³/mol. The van der Waals surface area contributed by atoms with Gasteiger partial charge in [-0.1, -0.05) is 30.1 Å². The molecule has 118 valence electrons. The molecule has 7 heteroatoms. The zero-order valence-electron chi connectivity index (χ0n) is 12.0. The summed E-state index contributed by atoms with van der Waals surface area (Å²) in [7, 11) is -3.63. The van der Waals surface area contributed by atoms with E-state index in [-0.39, 0.29) is 16.5 Å². The lowest BCUT2D eigenvalue weighted by molar-refractivity contribution is 0.417. The summed E-state index contributed by atoms with van der Waals surface area (Å²) in [5.41, 5.74) is 6.15. The number of halogens is 2. The maximum Gasteiger partial charge on any atom is 0.244 e. The third kappa shape index (κ3) is 3.71. The normalized spacial score (nSPS) is 21.2. The van der Waals surface area contributed by atoms with E-state index in [9.17, 15) is 8.42 Å². The third-order valence-electron chi connectivity index (χ3n) is 3.89. The summed E-state index contributed by atoms with van der Waals surface area (Å²) in [4.78, 5) is 0.0617. The number of nitrogens with two attached hydrogens (primary N) is 1. The highest BCUT2D eigenvalue weighted by atomic mass is 35.5. The molecule has 0 aliphatic carbocycles. The van der Waals surface area contributed by atoms with E-state index in [1.165, 1.54) is 10.4 Å². The van der Waals surface area contributed by atoms with E-state index >= 15 is 0 Å². The Labute approximate surface area is 136 Å². The first-order valence-corrected chi connectivity index (χ1v) is 9.24. The number of hydrogen-bond acceptors (Lipinski definition) is 3. The fraction of sp³-hybridized carbons (Fsp3) is 0.571. The van der Waals surface area contributed by atoms with Crippen LogP contribution >= 0.6 is 23.2 Å². The molecule has 4 nitrogen and oxygen atoms in total. The van der Waals surface area contributed by atoms with Crippen LogP contribution in [0.3, 0.4) is 0 Å². The smallest absolute Gasteiger partial charge is 0.244 e. The van der Waals surface area contributed by atoms with Crippen LogP contribution in [0, 0.1) is 5.92 Å². The van der Waals surface area contributed by atoms with Crippen LogP contribution in [0.25, 0.3) is 0 Å². The highest BCUT2D eigenvalue weighted by molar-refractivity contribution is 7.89. The third-order valence-corrected chi connectivity index (χ3v) is 6.59. The highest BCUT2D eigenvalue weighted by Crippen LogP contribution is 2.32. The van der Waals surface area contributed by atoms with Crippen molar-refractivity contribution in [3.63, 3.8) is 0 Å². The molecular formula is C14H20Cl2N2O2S. The van der Waals surface area contributed by atoms with Crippen molar-refractivity contribution in [3.8, 4) is 0 Å². The van der Waals surface area contributed by atoms with E-state index in [0.29, 0.717) is 29.6 Å². The molecule has 0 spiro atoms. The summed E-state index contributed by atoms with van der Waals surface area (Å²) in [6.45, 7) is 3.34. The second-order valence-electron chi connectivity index (χ2n) is 5.52. The summed E-state index contributed by atoms with van der Waals surface area (Å²) in [5, 5.41) is 0.515. The Morgan fingerprint density at radius 1 is 1.29 bits per heavy atom. The molecule has 1 saturated heterocycles. The zero-order valence-corrected chi connectivity index (χ0v) is 14.3. The van der Waals surface area contributed by atoms with Gasteiger partial charge in [0.1, 0.15) is 4.90 Å². The second-order valence-corrected chi connectivity index (χ2v) is 8.24. The molecule has 1 aliphatic heterocycles. The maximum atomic E-state index is 12.8. The fourth-order valence-electron chi connectivity index (χ4n) is 2.57. The number of rotatable bonds is 3. The van der Waals surface area contributed by atoms with Gasteiger partial charge in [0.25, 0.3) is 0 Å². The van der Waals surface area contributed by atoms with Crippen molar-refractivity contribution in [2.45, 2.75) is 37.6 Å². The van der Waals surface area contributed by atoms with E-state index in [4.69, 9.17) is 28.9 Å². The van der Waals surface area contributed by atoms with Crippen molar-refractivity contribution in [1.29, 1.82) is 0 Å². The Kier molecular flexibility index (Phi) is 5.54. The zero-order chi connectivity index (χ0) is 15.6. The van der Waals surface area contributed by atoms with Crippen molar-refractivity contribution in [2.75, 3.05) is 13.1 Å². The summed E-state index contributed by atoms with van der Waals surface area (Å²) in [6.07, 6.45) is 2.77. The lowest BCUT2D eigenvalue weighted by Crippen LogP contribution is -2.32. The molecule has 21 heavy (non-hydrogen) atoms. The van der Waals surface area contributed by atoms with Gasteiger partial charge in [0, 0.05) is 24.7 Å². The quantitative estimate of drug-likeness (QED) is 0.909. The molecule has 1 fully saturated rings. The molecule has 1 atom stereocenters. The van der Waals surface area contributed by atoms with E-state index in [0.717, 1.165) is 19.3 Å². The van der Waals surface area contributed by atoms with E-state index < -0.39 is 10.0 Å². The van der Waals surface area contributed by atoms with Crippen LogP contribution in [-0.2, 0) is 16.6 Å². The van der Waals surface area contributed by atoms with Gasteiger partial charge in [0.15, 0.2) is 0 Å². The fourth-order valence-corrected chi connectivity index (χ4v) is 4.98. The van der Waals surface area contributed by atoms with Crippen LogP contribution in [-0.4, -0.2) is 25.8 Å². The average molecular weight is 351 g/mol. The van der Waals surface area contributed by atoms with Gasteiger partial charge >= 0.3 is 0 Å². The minimum atomic E-state index is -3.63. The topological polar surface area (TPSA) is 63.4 Å². The first-order chi connectivity index (χ1) is 9.86. The SMILES string of the molecule is CC1CCCN(S(=O)(=O)c2cc(Cl)cc(CN)c2Cl)CC1. The van der Waals surface area contributed by atoms with Crippen LogP contribution in [0.1, 0.15) is 31.7 Å². The molecule has 1 aromatic rings. The summed E-state index contributed by atoms with van der Waals surface area (Å²) in [5.74, 6) is 0.541. The standard InChI is InChI=1S/C14H20Cl2N2O2S/c1-10-3-2-5-18(6-4-10)21(19,20)13-8-12(15)7-11(9-17)14(13)16/h7-8,10H,2-6,9,17H2,1H3. The van der Waals surface area contributed by atoms with Crippen molar-refractivity contribution >= 4 is 33.2 Å². The van der Waals surface area contributed by atoms with Crippen molar-refractivity contribution < 1.29 is 8.42 Å².